The van der Waals surface area contributed by atoms with E-state index in [2.05, 4.69) is 150 Å². The van der Waals surface area contributed by atoms with Gasteiger partial charge in [0.05, 0.1) is 16.6 Å². The van der Waals surface area contributed by atoms with Crippen LogP contribution in [0.2, 0.25) is 0 Å². The van der Waals surface area contributed by atoms with Crippen molar-refractivity contribution in [3.8, 4) is 22.3 Å². The zero-order chi connectivity index (χ0) is 32.3. The highest BCUT2D eigenvalue weighted by Crippen LogP contribution is 2.46. The van der Waals surface area contributed by atoms with Crippen LogP contribution in [0.25, 0.3) is 75.1 Å². The van der Waals surface area contributed by atoms with Crippen LogP contribution < -0.4 is 4.90 Å². The van der Waals surface area contributed by atoms with E-state index in [1.165, 1.54) is 42.1 Å². The highest BCUT2D eigenvalue weighted by atomic mass is 32.1. The lowest BCUT2D eigenvalue weighted by molar-refractivity contribution is 0.670. The molecule has 0 bridgehead atoms. The molecule has 0 saturated carbocycles. The second kappa shape index (κ2) is 11.2. The minimum atomic E-state index is 0.906. The second-order valence-corrected chi connectivity index (χ2v) is 13.4. The molecule has 4 heteroatoms. The Balaban J connectivity index is 1.15. The average molecular weight is 645 g/mol. The Morgan fingerprint density at radius 1 is 0.490 bits per heavy atom. The van der Waals surface area contributed by atoms with Gasteiger partial charge in [-0.05, 0) is 57.8 Å². The molecule has 10 rings (SSSR count). The maximum atomic E-state index is 6.40. The fraction of sp³-hybridized carbons (Fsp3) is 0. The number of pyridine rings is 1. The van der Waals surface area contributed by atoms with Gasteiger partial charge >= 0.3 is 0 Å². The third-order valence-corrected chi connectivity index (χ3v) is 10.7. The number of benzene rings is 7. The quantitative estimate of drug-likeness (QED) is 0.187. The Hall–Kier alpha value is -6.23. The first-order valence-electron chi connectivity index (χ1n) is 16.4. The molecular formula is C45H28N2OS. The summed E-state index contributed by atoms with van der Waals surface area (Å²) >= 11 is 1.82. The van der Waals surface area contributed by atoms with Gasteiger partial charge in [0.25, 0.3) is 0 Å². The van der Waals surface area contributed by atoms with E-state index in [1.807, 2.05) is 35.9 Å². The molecule has 0 N–H and O–H groups in total. The highest BCUT2D eigenvalue weighted by Gasteiger charge is 2.21. The Labute approximate surface area is 286 Å². The number of anilines is 3. The minimum absolute atomic E-state index is 0.906. The van der Waals surface area contributed by atoms with E-state index in [4.69, 9.17) is 9.40 Å². The van der Waals surface area contributed by atoms with Crippen molar-refractivity contribution in [3.63, 3.8) is 0 Å². The van der Waals surface area contributed by atoms with Crippen molar-refractivity contribution in [1.82, 2.24) is 4.98 Å². The molecule has 0 radical (unpaired) electrons. The van der Waals surface area contributed by atoms with Gasteiger partial charge in [-0.15, -0.1) is 11.3 Å². The maximum absolute atomic E-state index is 6.40. The van der Waals surface area contributed by atoms with Crippen LogP contribution in [0.1, 0.15) is 0 Å². The molecule has 10 aromatic rings. The molecule has 0 saturated heterocycles. The van der Waals surface area contributed by atoms with Gasteiger partial charge in [-0.25, -0.2) is 0 Å². The molecule has 0 unspecified atom stereocenters. The molecule has 0 amide bonds. The molecule has 0 aliphatic rings. The number of hydrogen-bond acceptors (Lipinski definition) is 4. The van der Waals surface area contributed by atoms with Crippen molar-refractivity contribution in [2.45, 2.75) is 0 Å². The normalized spacial score (nSPS) is 11.7. The van der Waals surface area contributed by atoms with Crippen LogP contribution in [-0.4, -0.2) is 4.98 Å². The van der Waals surface area contributed by atoms with E-state index >= 15 is 0 Å². The predicted molar refractivity (Wildman–Crippen MR) is 207 cm³/mol. The third-order valence-electron chi connectivity index (χ3n) is 9.57. The SMILES string of the molecule is c1ccc(-c2ccc(N(c3ccc(-c4cccc5c4oc4ccccc45)cc3)c3cncc4sc5c6ccccc6ccc5c34)cc2)cc1. The average Bonchev–Trinajstić information content (AvgIpc) is 3.75. The van der Waals surface area contributed by atoms with E-state index in [1.54, 1.807) is 0 Å². The standard InChI is InChI=1S/C45H28N2OS/c1-2-9-29(10-3-1)30-17-22-33(23-18-30)47(40-27-46-28-42-43(40)39-26-21-31-11-4-5-12-36(31)45(39)49-42)34-24-19-32(20-25-34)35-14-8-15-38-37-13-6-7-16-41(37)48-44(35)38/h1-28H. The lowest BCUT2D eigenvalue weighted by Gasteiger charge is -2.26. The summed E-state index contributed by atoms with van der Waals surface area (Å²) in [6.45, 7) is 0. The third kappa shape index (κ3) is 4.53. The van der Waals surface area contributed by atoms with Gasteiger partial charge in [0, 0.05) is 49.4 Å². The molecule has 0 aliphatic heterocycles. The fourth-order valence-electron chi connectivity index (χ4n) is 7.23. The van der Waals surface area contributed by atoms with Gasteiger partial charge < -0.3 is 9.32 Å². The topological polar surface area (TPSA) is 29.3 Å². The molecule has 49 heavy (non-hydrogen) atoms. The molecule has 3 nitrogen and oxygen atoms in total. The molecule has 7 aromatic carbocycles. The number of nitrogens with zero attached hydrogens (tertiary/aromatic N) is 2. The lowest BCUT2D eigenvalue weighted by atomic mass is 10.0. The van der Waals surface area contributed by atoms with Crippen molar-refractivity contribution in [2.24, 2.45) is 0 Å². The van der Waals surface area contributed by atoms with Crippen molar-refractivity contribution < 1.29 is 4.42 Å². The van der Waals surface area contributed by atoms with Gasteiger partial charge in [0.1, 0.15) is 11.2 Å². The highest BCUT2D eigenvalue weighted by molar-refractivity contribution is 7.26. The zero-order valence-electron chi connectivity index (χ0n) is 26.4. The monoisotopic (exact) mass is 644 g/mol. The number of hydrogen-bond donors (Lipinski definition) is 0. The number of thiophene rings is 1. The summed E-state index contributed by atoms with van der Waals surface area (Å²) in [5.41, 5.74) is 9.57. The van der Waals surface area contributed by atoms with E-state index in [9.17, 15) is 0 Å². The van der Waals surface area contributed by atoms with Crippen LogP contribution in [0.15, 0.2) is 175 Å². The van der Waals surface area contributed by atoms with Gasteiger partial charge in [-0.2, -0.15) is 0 Å². The van der Waals surface area contributed by atoms with E-state index in [0.717, 1.165) is 50.1 Å². The van der Waals surface area contributed by atoms with Crippen molar-refractivity contribution in [3.05, 3.63) is 170 Å². The number of aromatic nitrogens is 1. The Morgan fingerprint density at radius 3 is 1.98 bits per heavy atom. The van der Waals surface area contributed by atoms with E-state index in [-0.39, 0.29) is 0 Å². The largest absolute Gasteiger partial charge is 0.455 e. The number of rotatable bonds is 5. The summed E-state index contributed by atoms with van der Waals surface area (Å²) in [5, 5.41) is 7.25. The van der Waals surface area contributed by atoms with Gasteiger partial charge in [-0.3, -0.25) is 4.98 Å². The molecule has 0 aliphatic carbocycles. The first kappa shape index (κ1) is 27.8. The fourth-order valence-corrected chi connectivity index (χ4v) is 8.46. The zero-order valence-corrected chi connectivity index (χ0v) is 27.2. The van der Waals surface area contributed by atoms with Gasteiger partial charge in [-0.1, -0.05) is 127 Å². The summed E-state index contributed by atoms with van der Waals surface area (Å²) in [5.74, 6) is 0. The van der Waals surface area contributed by atoms with Gasteiger partial charge in [0.15, 0.2) is 0 Å². The molecule has 3 heterocycles. The lowest BCUT2D eigenvalue weighted by Crippen LogP contribution is -2.10. The first-order chi connectivity index (χ1) is 24.3. The number of para-hydroxylation sites is 2. The predicted octanol–water partition coefficient (Wildman–Crippen LogP) is 13.3. The maximum Gasteiger partial charge on any atom is 0.143 e. The number of fused-ring (bicyclic) bond motifs is 8. The van der Waals surface area contributed by atoms with Crippen LogP contribution in [-0.2, 0) is 0 Å². The molecule has 0 fully saturated rings. The van der Waals surface area contributed by atoms with E-state index in [0.29, 0.717) is 0 Å². The molecular weight excluding hydrogens is 617 g/mol. The second-order valence-electron chi connectivity index (χ2n) is 12.4. The molecule has 3 aromatic heterocycles. The minimum Gasteiger partial charge on any atom is -0.455 e. The van der Waals surface area contributed by atoms with Gasteiger partial charge in [0.2, 0.25) is 0 Å². The molecule has 230 valence electrons. The number of furan rings is 1. The first-order valence-corrected chi connectivity index (χ1v) is 17.3. The summed E-state index contributed by atoms with van der Waals surface area (Å²) < 4.78 is 8.85. The smallest absolute Gasteiger partial charge is 0.143 e. The summed E-state index contributed by atoms with van der Waals surface area (Å²) in [6.07, 6.45) is 4.02. The van der Waals surface area contributed by atoms with Crippen LogP contribution >= 0.6 is 11.3 Å². The summed E-state index contributed by atoms with van der Waals surface area (Å²) in [4.78, 5) is 7.15. The van der Waals surface area contributed by atoms with E-state index < -0.39 is 0 Å². The Bertz CT molecular complexity index is 2810. The van der Waals surface area contributed by atoms with Crippen LogP contribution in [0.3, 0.4) is 0 Å². The van der Waals surface area contributed by atoms with Crippen LogP contribution in [0, 0.1) is 0 Å². The van der Waals surface area contributed by atoms with Crippen LogP contribution in [0.4, 0.5) is 17.1 Å². The van der Waals surface area contributed by atoms with Crippen molar-refractivity contribution >= 4 is 81.3 Å². The molecule has 0 spiro atoms. The van der Waals surface area contributed by atoms with Crippen molar-refractivity contribution in [2.75, 3.05) is 4.90 Å². The van der Waals surface area contributed by atoms with Crippen LogP contribution in [0.5, 0.6) is 0 Å². The molecule has 0 atom stereocenters. The Kier molecular flexibility index (Phi) is 6.36. The Morgan fingerprint density at radius 2 is 1.16 bits per heavy atom. The summed E-state index contributed by atoms with van der Waals surface area (Å²) in [7, 11) is 0. The van der Waals surface area contributed by atoms with Crippen molar-refractivity contribution in [1.29, 1.82) is 0 Å². The summed E-state index contributed by atoms with van der Waals surface area (Å²) in [6, 6.07) is 56.0.